The van der Waals surface area contributed by atoms with Crippen LogP contribution in [0, 0.1) is 5.92 Å². The van der Waals surface area contributed by atoms with Crippen LogP contribution in [0.5, 0.6) is 0 Å². The molecule has 0 aliphatic rings. The molecule has 0 aliphatic heterocycles. The number of esters is 2. The van der Waals surface area contributed by atoms with E-state index in [1.165, 1.54) is 89.9 Å². The number of aromatic nitrogens is 2. The Morgan fingerprint density at radius 3 is 1.56 bits per heavy atom. The first kappa shape index (κ1) is 58.0. The molecular formula is C55H97N3O5. The molecule has 0 saturated heterocycles. The number of aliphatic hydroxyl groups excluding tert-OH is 1. The number of nitrogens with zero attached hydrogens (tertiary/aromatic N) is 3. The third kappa shape index (κ3) is 40.3. The number of aryl methyl sites for hydroxylation is 1. The Labute approximate surface area is 387 Å². The van der Waals surface area contributed by atoms with Crippen LogP contribution in [0.3, 0.4) is 0 Å². The smallest absolute Gasteiger partial charge is 0.305 e. The Kier molecular flexibility index (Phi) is 42.0. The summed E-state index contributed by atoms with van der Waals surface area (Å²) in [6, 6.07) is 0. The minimum atomic E-state index is -0.386. The molecule has 0 aromatic carbocycles. The lowest BCUT2D eigenvalue weighted by Crippen LogP contribution is -2.34. The van der Waals surface area contributed by atoms with Gasteiger partial charge in [-0.3, -0.25) is 9.59 Å². The van der Waals surface area contributed by atoms with Crippen molar-refractivity contribution in [2.24, 2.45) is 5.92 Å². The van der Waals surface area contributed by atoms with Crippen molar-refractivity contribution in [3.05, 3.63) is 67.3 Å². The molecular weight excluding hydrogens is 783 g/mol. The van der Waals surface area contributed by atoms with Crippen molar-refractivity contribution in [1.82, 2.24) is 14.5 Å². The van der Waals surface area contributed by atoms with Gasteiger partial charge >= 0.3 is 11.9 Å². The first-order valence-electron chi connectivity index (χ1n) is 26.2. The Morgan fingerprint density at radius 2 is 1.05 bits per heavy atom. The number of hydrogen-bond donors (Lipinski definition) is 1. The van der Waals surface area contributed by atoms with E-state index in [2.05, 4.69) is 84.0 Å². The zero-order chi connectivity index (χ0) is 45.5. The lowest BCUT2D eigenvalue weighted by atomic mass is 9.91. The molecule has 2 atom stereocenters. The molecule has 0 saturated carbocycles. The predicted octanol–water partition coefficient (Wildman–Crippen LogP) is 14.6. The van der Waals surface area contributed by atoms with Crippen LogP contribution in [0.1, 0.15) is 219 Å². The molecule has 8 nitrogen and oxygen atoms in total. The van der Waals surface area contributed by atoms with Gasteiger partial charge in [0, 0.05) is 38.3 Å². The van der Waals surface area contributed by atoms with Gasteiger partial charge in [-0.1, -0.05) is 133 Å². The normalized spacial score (nSPS) is 13.1. The van der Waals surface area contributed by atoms with Crippen LogP contribution in [-0.2, 0) is 25.6 Å². The number of imidazole rings is 1. The fourth-order valence-electron chi connectivity index (χ4n) is 7.89. The van der Waals surface area contributed by atoms with Gasteiger partial charge in [-0.25, -0.2) is 4.98 Å². The summed E-state index contributed by atoms with van der Waals surface area (Å²) in [6.45, 7) is 8.13. The van der Waals surface area contributed by atoms with E-state index < -0.39 is 0 Å². The summed E-state index contributed by atoms with van der Waals surface area (Å²) < 4.78 is 13.2. The van der Waals surface area contributed by atoms with E-state index >= 15 is 0 Å². The van der Waals surface area contributed by atoms with Crippen LogP contribution in [0.2, 0.25) is 0 Å². The Hall–Kier alpha value is -2.97. The summed E-state index contributed by atoms with van der Waals surface area (Å²) in [7, 11) is 2.14. The fraction of sp³-hybridized carbons (Fsp3) is 0.764. The highest BCUT2D eigenvalue weighted by Gasteiger charge is 2.21. The first-order valence-corrected chi connectivity index (χ1v) is 26.2. The molecule has 362 valence electrons. The summed E-state index contributed by atoms with van der Waals surface area (Å²) in [5, 5.41) is 11.3. The maximum Gasteiger partial charge on any atom is 0.305 e. The molecule has 1 aromatic heterocycles. The molecule has 0 spiro atoms. The third-order valence-electron chi connectivity index (χ3n) is 11.9. The average Bonchev–Trinajstić information content (AvgIpc) is 3.80. The molecule has 1 heterocycles. The SMILES string of the molecule is CCCCC/C=C\C/C=C\CCCCCCCC(=O)OCCCCCC(O)C(CCCCOC(=O)CCCCCCC/C=C\C/C=C\CCCCC)CN(C)CCCn1ccnc1. The molecule has 1 rings (SSSR count). The number of aliphatic hydroxyl groups is 1. The van der Waals surface area contributed by atoms with Gasteiger partial charge in [-0.15, -0.1) is 0 Å². The van der Waals surface area contributed by atoms with Crippen molar-refractivity contribution in [3.63, 3.8) is 0 Å². The summed E-state index contributed by atoms with van der Waals surface area (Å²) >= 11 is 0. The fourth-order valence-corrected chi connectivity index (χ4v) is 7.89. The number of carbonyl (C=O) groups excluding carboxylic acids is 2. The number of hydrogen-bond acceptors (Lipinski definition) is 7. The second-order valence-electron chi connectivity index (χ2n) is 18.0. The van der Waals surface area contributed by atoms with E-state index in [1.54, 1.807) is 0 Å². The van der Waals surface area contributed by atoms with Gasteiger partial charge in [0.2, 0.25) is 0 Å². The quantitative estimate of drug-likeness (QED) is 0.0396. The van der Waals surface area contributed by atoms with Crippen molar-refractivity contribution in [2.45, 2.75) is 232 Å². The monoisotopic (exact) mass is 880 g/mol. The lowest BCUT2D eigenvalue weighted by Gasteiger charge is -2.28. The highest BCUT2D eigenvalue weighted by molar-refractivity contribution is 5.69. The molecule has 0 fully saturated rings. The molecule has 0 amide bonds. The van der Waals surface area contributed by atoms with Gasteiger partial charge in [0.25, 0.3) is 0 Å². The second kappa shape index (κ2) is 45.6. The zero-order valence-electron chi connectivity index (χ0n) is 41.1. The topological polar surface area (TPSA) is 93.9 Å². The first-order chi connectivity index (χ1) is 31.0. The average molecular weight is 880 g/mol. The van der Waals surface area contributed by atoms with E-state index in [0.717, 1.165) is 122 Å². The summed E-state index contributed by atoms with van der Waals surface area (Å²) in [6.07, 6.45) is 57.6. The van der Waals surface area contributed by atoms with Crippen LogP contribution < -0.4 is 0 Å². The van der Waals surface area contributed by atoms with Crippen molar-refractivity contribution < 1.29 is 24.2 Å². The molecule has 8 heteroatoms. The largest absolute Gasteiger partial charge is 0.466 e. The van der Waals surface area contributed by atoms with Crippen LogP contribution in [0.25, 0.3) is 0 Å². The Bertz CT molecular complexity index is 1260. The summed E-state index contributed by atoms with van der Waals surface area (Å²) in [5.41, 5.74) is 0. The van der Waals surface area contributed by atoms with Crippen molar-refractivity contribution in [3.8, 4) is 0 Å². The third-order valence-corrected chi connectivity index (χ3v) is 11.9. The number of allylic oxidation sites excluding steroid dienone is 8. The minimum Gasteiger partial charge on any atom is -0.466 e. The number of ether oxygens (including phenoxy) is 2. The standard InChI is InChI=1S/C55H97N3O5/c1-4-6-8-10-12-14-16-18-20-22-24-26-28-30-34-42-54(60)62-48-37-32-33-41-53(59)52(50-57(3)45-39-46-58-47-44-56-51-58)40-36-38-49-63-55(61)43-35-31-29-27-25-23-21-19-17-15-13-11-9-7-5-2/h12-15,18-21,44,47,51-53,59H,4-11,16-17,22-43,45-46,48-50H2,1-3H3/b14-12-,15-13-,20-18-,21-19-. The van der Waals surface area contributed by atoms with Crippen LogP contribution in [-0.4, -0.2) is 71.0 Å². The summed E-state index contributed by atoms with van der Waals surface area (Å²) in [5.74, 6) is -0.000578. The van der Waals surface area contributed by atoms with Crippen LogP contribution in [0.15, 0.2) is 67.3 Å². The number of unbranched alkanes of at least 4 members (excludes halogenated alkanes) is 19. The predicted molar refractivity (Wildman–Crippen MR) is 267 cm³/mol. The van der Waals surface area contributed by atoms with Crippen molar-refractivity contribution >= 4 is 11.9 Å². The lowest BCUT2D eigenvalue weighted by molar-refractivity contribution is -0.144. The Morgan fingerprint density at radius 1 is 0.587 bits per heavy atom. The van der Waals surface area contributed by atoms with E-state index in [4.69, 9.17) is 9.47 Å². The molecule has 0 aliphatic carbocycles. The van der Waals surface area contributed by atoms with Gasteiger partial charge in [-0.2, -0.15) is 0 Å². The minimum absolute atomic E-state index is 0.0796. The van der Waals surface area contributed by atoms with Gasteiger partial charge in [0.05, 0.1) is 25.6 Å². The van der Waals surface area contributed by atoms with Crippen LogP contribution >= 0.6 is 0 Å². The van der Waals surface area contributed by atoms with Crippen molar-refractivity contribution in [2.75, 3.05) is 33.4 Å². The van der Waals surface area contributed by atoms with Gasteiger partial charge in [0.1, 0.15) is 0 Å². The van der Waals surface area contributed by atoms with Gasteiger partial charge in [-0.05, 0) is 142 Å². The Balaban J connectivity index is 2.19. The van der Waals surface area contributed by atoms with E-state index in [9.17, 15) is 14.7 Å². The van der Waals surface area contributed by atoms with Crippen molar-refractivity contribution in [1.29, 1.82) is 0 Å². The summed E-state index contributed by atoms with van der Waals surface area (Å²) in [4.78, 5) is 31.1. The van der Waals surface area contributed by atoms with E-state index in [1.807, 2.05) is 18.7 Å². The van der Waals surface area contributed by atoms with E-state index in [-0.39, 0.29) is 24.0 Å². The molecule has 0 radical (unpaired) electrons. The molecule has 2 unspecified atom stereocenters. The zero-order valence-corrected chi connectivity index (χ0v) is 41.1. The van der Waals surface area contributed by atoms with E-state index in [0.29, 0.717) is 26.1 Å². The molecule has 63 heavy (non-hydrogen) atoms. The number of carbonyl (C=O) groups is 2. The molecule has 1 N–H and O–H groups in total. The molecule has 0 bridgehead atoms. The maximum atomic E-state index is 12.4. The molecule has 1 aromatic rings. The second-order valence-corrected chi connectivity index (χ2v) is 18.0. The van der Waals surface area contributed by atoms with Crippen LogP contribution in [0.4, 0.5) is 0 Å². The number of rotatable bonds is 46. The van der Waals surface area contributed by atoms with Gasteiger partial charge in [0.15, 0.2) is 0 Å². The van der Waals surface area contributed by atoms with Gasteiger partial charge < -0.3 is 24.0 Å². The highest BCUT2D eigenvalue weighted by atomic mass is 16.5. The maximum absolute atomic E-state index is 12.4. The highest BCUT2D eigenvalue weighted by Crippen LogP contribution is 2.20.